The van der Waals surface area contributed by atoms with Crippen molar-refractivity contribution >= 4 is 11.9 Å². The van der Waals surface area contributed by atoms with Crippen molar-refractivity contribution in [3.8, 4) is 0 Å². The third-order valence-electron chi connectivity index (χ3n) is 3.68. The molecule has 104 valence electrons. The number of hydrogen-bond donors (Lipinski definition) is 1. The molecule has 1 unspecified atom stereocenters. The van der Waals surface area contributed by atoms with Crippen LogP contribution in [0, 0.1) is 11.8 Å². The van der Waals surface area contributed by atoms with Crippen LogP contribution < -0.4 is 0 Å². The summed E-state index contributed by atoms with van der Waals surface area (Å²) in [5, 5.41) is 8.95. The minimum absolute atomic E-state index is 0.131. The summed E-state index contributed by atoms with van der Waals surface area (Å²) in [6, 6.07) is 0. The van der Waals surface area contributed by atoms with Crippen LogP contribution in [-0.2, 0) is 9.59 Å². The predicted molar refractivity (Wildman–Crippen MR) is 70.2 cm³/mol. The van der Waals surface area contributed by atoms with Gasteiger partial charge in [-0.3, -0.25) is 9.59 Å². The van der Waals surface area contributed by atoms with E-state index in [1.807, 2.05) is 6.92 Å². The third kappa shape index (κ3) is 4.31. The SMILES string of the molecule is CCCN(CC(C)C(=O)O)C(=O)C1CCCCC1. The van der Waals surface area contributed by atoms with Gasteiger partial charge >= 0.3 is 5.97 Å². The Bertz CT molecular complexity index is 285. The van der Waals surface area contributed by atoms with Crippen molar-refractivity contribution in [3.05, 3.63) is 0 Å². The number of carbonyl (C=O) groups is 2. The van der Waals surface area contributed by atoms with Crippen LogP contribution in [0.15, 0.2) is 0 Å². The van der Waals surface area contributed by atoms with Crippen LogP contribution in [0.2, 0.25) is 0 Å². The molecule has 1 atom stereocenters. The fourth-order valence-corrected chi connectivity index (χ4v) is 2.58. The van der Waals surface area contributed by atoms with Crippen molar-refractivity contribution in [3.63, 3.8) is 0 Å². The van der Waals surface area contributed by atoms with Gasteiger partial charge in [-0.1, -0.05) is 33.1 Å². The normalized spacial score (nSPS) is 18.3. The fraction of sp³-hybridized carbons (Fsp3) is 0.857. The van der Waals surface area contributed by atoms with Crippen LogP contribution >= 0.6 is 0 Å². The van der Waals surface area contributed by atoms with Gasteiger partial charge in [0.1, 0.15) is 0 Å². The smallest absolute Gasteiger partial charge is 0.308 e. The summed E-state index contributed by atoms with van der Waals surface area (Å²) >= 11 is 0. The molecule has 0 bridgehead atoms. The van der Waals surface area contributed by atoms with E-state index in [-0.39, 0.29) is 11.8 Å². The van der Waals surface area contributed by atoms with Crippen molar-refractivity contribution in [2.24, 2.45) is 11.8 Å². The van der Waals surface area contributed by atoms with Crippen LogP contribution in [0.25, 0.3) is 0 Å². The summed E-state index contributed by atoms with van der Waals surface area (Å²) in [6.45, 7) is 4.71. The first kappa shape index (κ1) is 15.0. The molecule has 0 spiro atoms. The van der Waals surface area contributed by atoms with Gasteiger partial charge in [-0.15, -0.1) is 0 Å². The van der Waals surface area contributed by atoms with Crippen molar-refractivity contribution in [1.29, 1.82) is 0 Å². The van der Waals surface area contributed by atoms with E-state index >= 15 is 0 Å². The fourth-order valence-electron chi connectivity index (χ4n) is 2.58. The summed E-state index contributed by atoms with van der Waals surface area (Å²) in [4.78, 5) is 25.0. The number of hydrogen-bond acceptors (Lipinski definition) is 2. The summed E-state index contributed by atoms with van der Waals surface area (Å²) in [5.41, 5.74) is 0. The molecule has 0 aliphatic heterocycles. The molecule has 1 saturated carbocycles. The van der Waals surface area contributed by atoms with E-state index in [0.717, 1.165) is 32.1 Å². The van der Waals surface area contributed by atoms with Crippen molar-refractivity contribution < 1.29 is 14.7 Å². The van der Waals surface area contributed by atoms with Gasteiger partial charge < -0.3 is 10.0 Å². The first-order valence-corrected chi connectivity index (χ1v) is 7.07. The van der Waals surface area contributed by atoms with Gasteiger partial charge in [0.25, 0.3) is 0 Å². The number of rotatable bonds is 6. The lowest BCUT2D eigenvalue weighted by molar-refractivity contribution is -0.144. The lowest BCUT2D eigenvalue weighted by Crippen LogP contribution is -2.41. The first-order valence-electron chi connectivity index (χ1n) is 7.07. The summed E-state index contributed by atoms with van der Waals surface area (Å²) in [5.74, 6) is -1.01. The van der Waals surface area contributed by atoms with Crippen LogP contribution in [0.4, 0.5) is 0 Å². The standard InChI is InChI=1S/C14H25NO3/c1-3-9-15(10-11(2)14(17)18)13(16)12-7-5-4-6-8-12/h11-12H,3-10H2,1-2H3,(H,17,18). The highest BCUT2D eigenvalue weighted by atomic mass is 16.4. The number of aliphatic carboxylic acids is 1. The second-order valence-corrected chi connectivity index (χ2v) is 5.36. The molecule has 1 aliphatic carbocycles. The molecule has 18 heavy (non-hydrogen) atoms. The van der Waals surface area contributed by atoms with Crippen molar-refractivity contribution in [1.82, 2.24) is 4.90 Å². The minimum Gasteiger partial charge on any atom is -0.481 e. The average Bonchev–Trinajstić information content (AvgIpc) is 2.38. The van der Waals surface area contributed by atoms with Crippen molar-refractivity contribution in [2.75, 3.05) is 13.1 Å². The molecule has 0 heterocycles. The van der Waals surface area contributed by atoms with E-state index in [1.54, 1.807) is 11.8 Å². The maximum atomic E-state index is 12.4. The van der Waals surface area contributed by atoms with E-state index in [2.05, 4.69) is 0 Å². The number of carboxylic acid groups (broad SMARTS) is 1. The number of carboxylic acids is 1. The van der Waals surface area contributed by atoms with Gasteiger partial charge in [0, 0.05) is 19.0 Å². The zero-order valence-electron chi connectivity index (χ0n) is 11.5. The second kappa shape index (κ2) is 7.39. The molecule has 1 fully saturated rings. The maximum absolute atomic E-state index is 12.4. The molecule has 4 nitrogen and oxygen atoms in total. The quantitative estimate of drug-likeness (QED) is 0.793. The Morgan fingerprint density at radius 1 is 1.28 bits per heavy atom. The van der Waals surface area contributed by atoms with Gasteiger partial charge in [-0.05, 0) is 19.3 Å². The van der Waals surface area contributed by atoms with Gasteiger partial charge in [0.15, 0.2) is 0 Å². The predicted octanol–water partition coefficient (Wildman–Crippen LogP) is 2.53. The number of nitrogens with zero attached hydrogens (tertiary/aromatic N) is 1. The Labute approximate surface area is 109 Å². The molecule has 0 radical (unpaired) electrons. The molecule has 0 aromatic rings. The van der Waals surface area contributed by atoms with Gasteiger partial charge in [0.05, 0.1) is 5.92 Å². The highest BCUT2D eigenvalue weighted by Gasteiger charge is 2.27. The molecular weight excluding hydrogens is 230 g/mol. The van der Waals surface area contributed by atoms with Gasteiger partial charge in [0.2, 0.25) is 5.91 Å². The molecule has 1 aliphatic rings. The maximum Gasteiger partial charge on any atom is 0.308 e. The zero-order chi connectivity index (χ0) is 13.5. The summed E-state index contributed by atoms with van der Waals surface area (Å²) < 4.78 is 0. The van der Waals surface area contributed by atoms with Crippen molar-refractivity contribution in [2.45, 2.75) is 52.4 Å². The average molecular weight is 255 g/mol. The molecule has 1 N–H and O–H groups in total. The molecule has 1 rings (SSSR count). The van der Waals surface area contributed by atoms with Crippen LogP contribution in [0.3, 0.4) is 0 Å². The lowest BCUT2D eigenvalue weighted by atomic mass is 9.88. The summed E-state index contributed by atoms with van der Waals surface area (Å²) in [6.07, 6.45) is 6.31. The summed E-state index contributed by atoms with van der Waals surface area (Å²) in [7, 11) is 0. The Balaban J connectivity index is 2.58. The molecule has 0 aromatic carbocycles. The van der Waals surface area contributed by atoms with Crippen LogP contribution in [0.5, 0.6) is 0 Å². The Kier molecular flexibility index (Phi) is 6.16. The Morgan fingerprint density at radius 2 is 1.89 bits per heavy atom. The molecular formula is C14H25NO3. The van der Waals surface area contributed by atoms with E-state index < -0.39 is 11.9 Å². The third-order valence-corrected chi connectivity index (χ3v) is 3.68. The molecule has 0 aromatic heterocycles. The van der Waals surface area contributed by atoms with Crippen LogP contribution in [-0.4, -0.2) is 35.0 Å². The second-order valence-electron chi connectivity index (χ2n) is 5.36. The first-order chi connectivity index (χ1) is 8.56. The zero-order valence-corrected chi connectivity index (χ0v) is 11.5. The van der Waals surface area contributed by atoms with E-state index in [0.29, 0.717) is 13.1 Å². The lowest BCUT2D eigenvalue weighted by Gasteiger charge is -2.30. The highest BCUT2D eigenvalue weighted by Crippen LogP contribution is 2.25. The molecule has 4 heteroatoms. The largest absolute Gasteiger partial charge is 0.481 e. The Morgan fingerprint density at radius 3 is 2.39 bits per heavy atom. The number of amides is 1. The van der Waals surface area contributed by atoms with E-state index in [9.17, 15) is 9.59 Å². The van der Waals surface area contributed by atoms with E-state index in [4.69, 9.17) is 5.11 Å². The van der Waals surface area contributed by atoms with Gasteiger partial charge in [-0.2, -0.15) is 0 Å². The molecule has 1 amide bonds. The topological polar surface area (TPSA) is 57.6 Å². The Hall–Kier alpha value is -1.06. The van der Waals surface area contributed by atoms with E-state index in [1.165, 1.54) is 6.42 Å². The number of carbonyl (C=O) groups excluding carboxylic acids is 1. The molecule has 0 saturated heterocycles. The minimum atomic E-state index is -0.826. The van der Waals surface area contributed by atoms with Gasteiger partial charge in [-0.25, -0.2) is 0 Å². The highest BCUT2D eigenvalue weighted by molar-refractivity contribution is 5.79. The van der Waals surface area contributed by atoms with Crippen LogP contribution in [0.1, 0.15) is 52.4 Å². The monoisotopic (exact) mass is 255 g/mol.